The van der Waals surface area contributed by atoms with E-state index in [0.29, 0.717) is 51.5 Å². The van der Waals surface area contributed by atoms with Crippen molar-refractivity contribution in [1.29, 1.82) is 0 Å². The second-order valence-corrected chi connectivity index (χ2v) is 12.8. The molecule has 4 unspecified atom stereocenters. The van der Waals surface area contributed by atoms with E-state index in [4.69, 9.17) is 4.74 Å². The van der Waals surface area contributed by atoms with Crippen molar-refractivity contribution in [1.82, 2.24) is 0 Å². The highest BCUT2D eigenvalue weighted by molar-refractivity contribution is 6.25. The van der Waals surface area contributed by atoms with Crippen LogP contribution in [0, 0.1) is 17.8 Å². The van der Waals surface area contributed by atoms with Crippen LogP contribution in [0.3, 0.4) is 0 Å². The van der Waals surface area contributed by atoms with Gasteiger partial charge in [0.1, 0.15) is 11.5 Å². The van der Waals surface area contributed by atoms with Crippen molar-refractivity contribution >= 4 is 46.1 Å². The van der Waals surface area contributed by atoms with Crippen molar-refractivity contribution in [2.75, 3.05) is 31.0 Å². The molecule has 0 bridgehead atoms. The van der Waals surface area contributed by atoms with Gasteiger partial charge in [-0.15, -0.1) is 0 Å². The smallest absolute Gasteiger partial charge is 0.238 e. The second kappa shape index (κ2) is 11.9. The number of aromatic hydroxyl groups is 1. The molecule has 0 radical (unpaired) electrons. The molecule has 2 amide bonds. The number of azo groups is 1. The Morgan fingerprint density at radius 2 is 1.54 bits per heavy atom. The first-order valence-electron chi connectivity index (χ1n) is 15.8. The van der Waals surface area contributed by atoms with Gasteiger partial charge in [-0.1, -0.05) is 17.7 Å². The van der Waals surface area contributed by atoms with E-state index in [1.807, 2.05) is 49.3 Å². The molecule has 10 heteroatoms. The number of carbonyl (C=O) groups is 4. The summed E-state index contributed by atoms with van der Waals surface area (Å²) >= 11 is 0. The van der Waals surface area contributed by atoms with Gasteiger partial charge >= 0.3 is 0 Å². The number of phenolic OH excluding ortho intramolecular Hbond substituents is 1. The molecule has 1 N–H and O–H groups in total. The molecular weight excluding hydrogens is 608 g/mol. The summed E-state index contributed by atoms with van der Waals surface area (Å²) in [6.45, 7) is 1.61. The Morgan fingerprint density at radius 3 is 2.17 bits per heavy atom. The molecule has 48 heavy (non-hydrogen) atoms. The van der Waals surface area contributed by atoms with Crippen LogP contribution in [0.2, 0.25) is 0 Å². The molecule has 3 aromatic carbocycles. The van der Waals surface area contributed by atoms with Gasteiger partial charge in [0.25, 0.3) is 0 Å². The Balaban J connectivity index is 1.20. The zero-order valence-corrected chi connectivity index (χ0v) is 27.0. The Morgan fingerprint density at radius 1 is 0.875 bits per heavy atom. The van der Waals surface area contributed by atoms with E-state index in [-0.39, 0.29) is 35.6 Å². The Bertz CT molecular complexity index is 2010. The lowest BCUT2D eigenvalue weighted by molar-refractivity contribution is -0.123. The summed E-state index contributed by atoms with van der Waals surface area (Å²) in [6.07, 6.45) is 3.73. The number of nitrogens with zero attached hydrogens (tertiary/aromatic N) is 4. The van der Waals surface area contributed by atoms with Gasteiger partial charge in [0.2, 0.25) is 11.8 Å². The van der Waals surface area contributed by atoms with Crippen molar-refractivity contribution in [2.45, 2.75) is 25.7 Å². The molecule has 242 valence electrons. The molecule has 1 fully saturated rings. The van der Waals surface area contributed by atoms with Gasteiger partial charge < -0.3 is 14.7 Å². The molecule has 3 aliphatic carbocycles. The standard InChI is InChI=1S/C38H34N4O6/c1-20-17-32(44)35-30(36(20)45)19-29-26(33(35)27-14-13-25(48-4)18-31(27)43)15-16-28-34(29)38(47)42(37(28)46)24-11-7-22(8-12-24)40-39-21-5-9-23(10-6-21)41(2)3/h5-15,17-18,28-29,33-34,43H,16,19H2,1-4H3. The molecule has 4 aliphatic rings. The molecule has 1 heterocycles. The quantitative estimate of drug-likeness (QED) is 0.140. The third-order valence-corrected chi connectivity index (χ3v) is 9.87. The third kappa shape index (κ3) is 5.04. The Labute approximate surface area is 277 Å². The first-order valence-corrected chi connectivity index (χ1v) is 15.8. The lowest BCUT2D eigenvalue weighted by Gasteiger charge is -2.42. The maximum Gasteiger partial charge on any atom is 0.238 e. The minimum absolute atomic E-state index is 0.0836. The number of fused-ring (bicyclic) bond motifs is 3. The number of rotatable bonds is 6. The lowest BCUT2D eigenvalue weighted by atomic mass is 9.59. The number of imide groups is 1. The number of carbonyl (C=O) groups excluding carboxylic acids is 4. The van der Waals surface area contributed by atoms with E-state index in [0.717, 1.165) is 11.3 Å². The summed E-state index contributed by atoms with van der Waals surface area (Å²) in [5.74, 6) is -3.44. The highest BCUT2D eigenvalue weighted by Gasteiger charge is 2.56. The van der Waals surface area contributed by atoms with Crippen LogP contribution in [0.25, 0.3) is 0 Å². The van der Waals surface area contributed by atoms with Crippen LogP contribution in [-0.4, -0.2) is 49.7 Å². The molecule has 7 rings (SSSR count). The minimum atomic E-state index is -0.743. The van der Waals surface area contributed by atoms with Gasteiger partial charge in [-0.2, -0.15) is 10.2 Å². The molecule has 10 nitrogen and oxygen atoms in total. The van der Waals surface area contributed by atoms with Crippen molar-refractivity contribution in [3.63, 3.8) is 0 Å². The van der Waals surface area contributed by atoms with Gasteiger partial charge in [-0.25, -0.2) is 0 Å². The average Bonchev–Trinajstić information content (AvgIpc) is 3.35. The van der Waals surface area contributed by atoms with E-state index in [1.54, 1.807) is 43.3 Å². The summed E-state index contributed by atoms with van der Waals surface area (Å²) in [6, 6.07) is 19.3. The van der Waals surface area contributed by atoms with Crippen LogP contribution in [0.5, 0.6) is 11.5 Å². The number of Topliss-reactive ketones (excluding diaryl/α,β-unsaturated/α-hetero) is 1. The van der Waals surface area contributed by atoms with E-state index >= 15 is 0 Å². The fourth-order valence-corrected chi connectivity index (χ4v) is 7.49. The normalized spacial score (nSPS) is 23.5. The van der Waals surface area contributed by atoms with Crippen molar-refractivity contribution < 1.29 is 29.0 Å². The number of ether oxygens (including phenoxy) is 1. The zero-order valence-electron chi connectivity index (χ0n) is 27.0. The monoisotopic (exact) mass is 642 g/mol. The number of hydrogen-bond donors (Lipinski definition) is 1. The topological polar surface area (TPSA) is 129 Å². The molecular formula is C38H34N4O6. The summed E-state index contributed by atoms with van der Waals surface area (Å²) in [5, 5.41) is 19.7. The first kappa shape index (κ1) is 31.0. The lowest BCUT2D eigenvalue weighted by Crippen LogP contribution is -2.39. The molecule has 3 aromatic rings. The molecule has 0 spiro atoms. The van der Waals surface area contributed by atoms with Crippen LogP contribution < -0.4 is 14.5 Å². The summed E-state index contributed by atoms with van der Waals surface area (Å²) in [4.78, 5) is 58.3. The van der Waals surface area contributed by atoms with Crippen LogP contribution in [0.15, 0.2) is 111 Å². The Kier molecular flexibility index (Phi) is 7.66. The SMILES string of the molecule is COc1ccc(C2C3=CCC4C(=O)N(c5ccc(N=Nc6ccc(N(C)C)cc6)cc5)C(=O)C4C3CC3=C2C(=O)C=C(C)C3=O)c(O)c1. The molecule has 4 atom stereocenters. The van der Waals surface area contributed by atoms with E-state index < -0.39 is 23.7 Å². The maximum atomic E-state index is 14.2. The summed E-state index contributed by atoms with van der Waals surface area (Å²) in [5.41, 5.74) is 4.93. The number of phenols is 1. The predicted octanol–water partition coefficient (Wildman–Crippen LogP) is 6.52. The number of ketones is 2. The van der Waals surface area contributed by atoms with Crippen LogP contribution >= 0.6 is 0 Å². The highest BCUT2D eigenvalue weighted by atomic mass is 16.5. The van der Waals surface area contributed by atoms with E-state index in [9.17, 15) is 24.3 Å². The summed E-state index contributed by atoms with van der Waals surface area (Å²) < 4.78 is 5.27. The van der Waals surface area contributed by atoms with Crippen molar-refractivity contribution in [2.24, 2.45) is 28.0 Å². The van der Waals surface area contributed by atoms with Gasteiger partial charge in [-0.05, 0) is 86.4 Å². The second-order valence-electron chi connectivity index (χ2n) is 12.8. The zero-order chi connectivity index (χ0) is 33.9. The van der Waals surface area contributed by atoms with E-state index in [2.05, 4.69) is 10.2 Å². The molecule has 1 saturated heterocycles. The fourth-order valence-electron chi connectivity index (χ4n) is 7.49. The molecule has 0 aromatic heterocycles. The predicted molar refractivity (Wildman–Crippen MR) is 180 cm³/mol. The van der Waals surface area contributed by atoms with Gasteiger partial charge in [0.05, 0.1) is 36.0 Å². The van der Waals surface area contributed by atoms with Crippen LogP contribution in [-0.2, 0) is 19.2 Å². The number of allylic oxidation sites excluding steroid dienone is 6. The van der Waals surface area contributed by atoms with Crippen molar-refractivity contribution in [3.8, 4) is 11.5 Å². The minimum Gasteiger partial charge on any atom is -0.507 e. The summed E-state index contributed by atoms with van der Waals surface area (Å²) in [7, 11) is 5.41. The average molecular weight is 643 g/mol. The van der Waals surface area contributed by atoms with Crippen LogP contribution in [0.1, 0.15) is 31.2 Å². The number of hydrogen-bond acceptors (Lipinski definition) is 9. The number of benzene rings is 3. The van der Waals surface area contributed by atoms with Gasteiger partial charge in [-0.3, -0.25) is 24.1 Å². The first-order chi connectivity index (χ1) is 23.1. The van der Waals surface area contributed by atoms with Gasteiger partial charge in [0, 0.05) is 54.0 Å². The van der Waals surface area contributed by atoms with Crippen LogP contribution in [0.4, 0.5) is 22.7 Å². The largest absolute Gasteiger partial charge is 0.507 e. The maximum absolute atomic E-state index is 14.2. The third-order valence-electron chi connectivity index (χ3n) is 9.87. The Hall–Kier alpha value is -5.64. The van der Waals surface area contributed by atoms with Gasteiger partial charge in [0.15, 0.2) is 11.6 Å². The highest BCUT2D eigenvalue weighted by Crippen LogP contribution is 2.56. The molecule has 1 aliphatic heterocycles. The number of amides is 2. The van der Waals surface area contributed by atoms with Crippen molar-refractivity contribution in [3.05, 3.63) is 107 Å². The number of anilines is 2. The molecule has 0 saturated carbocycles. The number of methoxy groups -OCH3 is 1. The van der Waals surface area contributed by atoms with E-state index in [1.165, 1.54) is 24.2 Å². The fraction of sp³-hybridized carbons (Fsp3) is 0.263.